The van der Waals surface area contributed by atoms with Gasteiger partial charge in [-0.1, -0.05) is 88.6 Å². The van der Waals surface area contributed by atoms with Crippen molar-refractivity contribution in [2.24, 2.45) is 0 Å². The number of hydrogen-bond donors (Lipinski definition) is 1. The molecule has 3 nitrogen and oxygen atoms in total. The van der Waals surface area contributed by atoms with Crippen molar-refractivity contribution in [2.75, 3.05) is 0 Å². The number of rotatable bonds is 4. The first-order valence-electron chi connectivity index (χ1n) is 17.4. The maximum atomic E-state index is 11.0. The Balaban J connectivity index is 0.00000448. The first-order chi connectivity index (χ1) is 23.6. The standard InChI is InChI=1S/C46H45N2OS.Pt/c1-26-18-28(3)41(29(4)19-26)32-21-35-27(2)16-17-47-42(35)36(22-32)30-12-11-13-31(20-30)37-24-34(46(8,9)10)25-40-43(37)48-44(50-40)38-23-33(45(5,6)7)14-15-39(38)49;/h11-19,21-25,49H,1-10H3;/q-1;. The summed E-state index contributed by atoms with van der Waals surface area (Å²) < 4.78 is 1.09. The maximum Gasteiger partial charge on any atom is 0.127 e. The third-order valence-electron chi connectivity index (χ3n) is 9.86. The van der Waals surface area contributed by atoms with E-state index in [1.807, 2.05) is 12.3 Å². The molecular weight excluding hydrogens is 824 g/mol. The topological polar surface area (TPSA) is 46.0 Å². The van der Waals surface area contributed by atoms with E-state index in [-0.39, 0.29) is 37.6 Å². The van der Waals surface area contributed by atoms with Crippen molar-refractivity contribution in [3.63, 3.8) is 0 Å². The van der Waals surface area contributed by atoms with Gasteiger partial charge in [0.25, 0.3) is 0 Å². The molecule has 2 heterocycles. The van der Waals surface area contributed by atoms with Crippen LogP contribution in [-0.2, 0) is 31.9 Å². The van der Waals surface area contributed by atoms with Gasteiger partial charge in [0.15, 0.2) is 0 Å². The van der Waals surface area contributed by atoms with E-state index in [0.717, 1.165) is 59.5 Å². The Morgan fingerprint density at radius 2 is 1.27 bits per heavy atom. The minimum absolute atomic E-state index is 0. The molecule has 5 heteroatoms. The smallest absolute Gasteiger partial charge is 0.127 e. The molecule has 0 aliphatic heterocycles. The average Bonchev–Trinajstić information content (AvgIpc) is 3.47. The van der Waals surface area contributed by atoms with Crippen molar-refractivity contribution < 1.29 is 26.2 Å². The Kier molecular flexibility index (Phi) is 9.68. The van der Waals surface area contributed by atoms with E-state index in [1.165, 1.54) is 38.9 Å². The molecule has 0 radical (unpaired) electrons. The first-order valence-corrected chi connectivity index (χ1v) is 18.2. The van der Waals surface area contributed by atoms with E-state index in [2.05, 4.69) is 142 Å². The summed E-state index contributed by atoms with van der Waals surface area (Å²) in [6, 6.07) is 31.9. The van der Waals surface area contributed by atoms with Gasteiger partial charge in [-0.2, -0.15) is 0 Å². The predicted octanol–water partition coefficient (Wildman–Crippen LogP) is 12.8. The van der Waals surface area contributed by atoms with Gasteiger partial charge < -0.3 is 5.11 Å². The Labute approximate surface area is 321 Å². The van der Waals surface area contributed by atoms with Crippen LogP contribution in [0.25, 0.3) is 65.1 Å². The fraction of sp³-hybridized carbons (Fsp3) is 0.261. The van der Waals surface area contributed by atoms with Gasteiger partial charge >= 0.3 is 0 Å². The van der Waals surface area contributed by atoms with Gasteiger partial charge in [-0.25, -0.2) is 4.98 Å². The number of thiazole rings is 1. The van der Waals surface area contributed by atoms with E-state index in [1.54, 1.807) is 17.4 Å². The monoisotopic (exact) mass is 868 g/mol. The molecule has 262 valence electrons. The van der Waals surface area contributed by atoms with Crippen molar-refractivity contribution >= 4 is 32.5 Å². The van der Waals surface area contributed by atoms with Gasteiger partial charge in [-0.05, 0) is 113 Å². The third kappa shape index (κ3) is 6.94. The molecule has 0 aliphatic carbocycles. The van der Waals surface area contributed by atoms with Crippen molar-refractivity contribution in [1.82, 2.24) is 9.97 Å². The molecule has 0 aliphatic rings. The van der Waals surface area contributed by atoms with Crippen molar-refractivity contribution in [2.45, 2.75) is 80.1 Å². The summed E-state index contributed by atoms with van der Waals surface area (Å²) in [7, 11) is 0. The molecule has 5 aromatic carbocycles. The second-order valence-corrected chi connectivity index (χ2v) is 17.0. The van der Waals surface area contributed by atoms with Gasteiger partial charge in [0, 0.05) is 37.5 Å². The summed E-state index contributed by atoms with van der Waals surface area (Å²) >= 11 is 1.64. The summed E-state index contributed by atoms with van der Waals surface area (Å²) in [5, 5.41) is 13.0. The summed E-state index contributed by atoms with van der Waals surface area (Å²) in [5.41, 5.74) is 16.5. The second-order valence-electron chi connectivity index (χ2n) is 15.9. The minimum atomic E-state index is -0.0747. The van der Waals surface area contributed by atoms with E-state index < -0.39 is 0 Å². The minimum Gasteiger partial charge on any atom is -0.507 e. The number of pyridine rings is 1. The molecule has 51 heavy (non-hydrogen) atoms. The zero-order valence-corrected chi connectivity index (χ0v) is 34.2. The maximum absolute atomic E-state index is 11.0. The number of phenols is 1. The van der Waals surface area contributed by atoms with Gasteiger partial charge in [-0.15, -0.1) is 46.7 Å². The van der Waals surface area contributed by atoms with Crippen molar-refractivity contribution in [3.8, 4) is 49.7 Å². The van der Waals surface area contributed by atoms with Crippen LogP contribution in [0.2, 0.25) is 0 Å². The zero-order chi connectivity index (χ0) is 35.7. The van der Waals surface area contributed by atoms with Gasteiger partial charge in [0.1, 0.15) is 10.8 Å². The molecule has 0 spiro atoms. The van der Waals surface area contributed by atoms with Gasteiger partial charge in [0.05, 0.1) is 11.1 Å². The Hall–Kier alpha value is -4.11. The quantitative estimate of drug-likeness (QED) is 0.179. The number of aromatic nitrogens is 2. The van der Waals surface area contributed by atoms with Crippen LogP contribution in [-0.4, -0.2) is 15.1 Å². The molecule has 1 N–H and O–H groups in total. The fourth-order valence-electron chi connectivity index (χ4n) is 7.11. The molecule has 0 fully saturated rings. The number of hydrogen-bond acceptors (Lipinski definition) is 4. The van der Waals surface area contributed by atoms with Crippen LogP contribution in [0, 0.1) is 33.8 Å². The average molecular weight is 869 g/mol. The largest absolute Gasteiger partial charge is 0.507 e. The molecule has 0 bridgehead atoms. The number of phenolic OH excluding ortho intramolecular Hbond substituents is 1. The van der Waals surface area contributed by atoms with E-state index in [9.17, 15) is 5.11 Å². The van der Waals surface area contributed by atoms with E-state index >= 15 is 0 Å². The summed E-state index contributed by atoms with van der Waals surface area (Å²) in [5.74, 6) is 0.247. The summed E-state index contributed by atoms with van der Waals surface area (Å²) in [6.07, 6.45) is 1.91. The SMILES string of the molecule is Cc1cc(C)c(-c2cc(-c3[c-]c(-c4cc(C(C)(C)C)cc5sc(-c6cc(C(C)(C)C)ccc6O)nc45)ccc3)c3nccc(C)c3c2)c(C)c1.[Pt]. The van der Waals surface area contributed by atoms with Crippen LogP contribution < -0.4 is 0 Å². The number of aryl methyl sites for hydroxylation is 4. The van der Waals surface area contributed by atoms with Gasteiger partial charge in [0.2, 0.25) is 0 Å². The first kappa shape index (κ1) is 36.7. The number of aromatic hydroxyl groups is 1. The van der Waals surface area contributed by atoms with E-state index in [0.29, 0.717) is 0 Å². The van der Waals surface area contributed by atoms with Crippen LogP contribution in [0.3, 0.4) is 0 Å². The van der Waals surface area contributed by atoms with Crippen LogP contribution in [0.4, 0.5) is 0 Å². The summed E-state index contributed by atoms with van der Waals surface area (Å²) in [4.78, 5) is 10.2. The van der Waals surface area contributed by atoms with Crippen LogP contribution in [0.1, 0.15) is 74.9 Å². The Bertz CT molecular complexity index is 2440. The Morgan fingerprint density at radius 1 is 0.647 bits per heavy atom. The predicted molar refractivity (Wildman–Crippen MR) is 214 cm³/mol. The zero-order valence-electron chi connectivity index (χ0n) is 31.1. The normalized spacial score (nSPS) is 12.0. The molecule has 7 aromatic rings. The number of benzene rings is 5. The second kappa shape index (κ2) is 13.5. The van der Waals surface area contributed by atoms with Crippen LogP contribution in [0.5, 0.6) is 5.75 Å². The molecule has 0 saturated carbocycles. The summed E-state index contributed by atoms with van der Waals surface area (Å²) in [6.45, 7) is 22.1. The molecule has 0 amide bonds. The van der Waals surface area contributed by atoms with E-state index in [4.69, 9.17) is 9.97 Å². The van der Waals surface area contributed by atoms with Crippen LogP contribution >= 0.6 is 11.3 Å². The van der Waals surface area contributed by atoms with Crippen LogP contribution in [0.15, 0.2) is 85.1 Å². The molecule has 7 rings (SSSR count). The molecule has 0 atom stereocenters. The fourth-order valence-corrected chi connectivity index (χ4v) is 8.17. The van der Waals surface area contributed by atoms with Crippen molar-refractivity contribution in [3.05, 3.63) is 125 Å². The van der Waals surface area contributed by atoms with Gasteiger partial charge in [-0.3, -0.25) is 4.98 Å². The molecule has 2 aromatic heterocycles. The number of fused-ring (bicyclic) bond motifs is 2. The molecular formula is C46H45N2OPtS-. The molecule has 0 saturated heterocycles. The third-order valence-corrected chi connectivity index (χ3v) is 10.9. The number of nitrogens with zero attached hydrogens (tertiary/aromatic N) is 2. The Morgan fingerprint density at radius 3 is 1.92 bits per heavy atom. The molecule has 0 unspecified atom stereocenters. The van der Waals surface area contributed by atoms with Crippen molar-refractivity contribution in [1.29, 1.82) is 0 Å².